The van der Waals surface area contributed by atoms with Gasteiger partial charge in [0.2, 0.25) is 0 Å². The Morgan fingerprint density at radius 3 is 2.71 bits per heavy atom. The molecular formula is C12H9IN2O2. The molecule has 0 bridgehead atoms. The fraction of sp³-hybridized carbons (Fsp3) is 0.0833. The number of carbonyl (C=O) groups is 1. The van der Waals surface area contributed by atoms with Crippen LogP contribution in [0.4, 0.5) is 0 Å². The maximum absolute atomic E-state index is 11.7. The minimum absolute atomic E-state index is 0.250. The summed E-state index contributed by atoms with van der Waals surface area (Å²) in [6.07, 6.45) is 1.54. The molecule has 0 N–H and O–H groups in total. The Morgan fingerprint density at radius 1 is 1.24 bits per heavy atom. The van der Waals surface area contributed by atoms with Gasteiger partial charge in [-0.1, -0.05) is 30.3 Å². The van der Waals surface area contributed by atoms with E-state index in [-0.39, 0.29) is 12.3 Å². The molecule has 0 amide bonds. The standard InChI is InChI=1S/C12H9IN2O2/c13-12-14-7-6-10(15-12)11(16)17-8-9-4-2-1-3-5-9/h1-7H,8H2. The van der Waals surface area contributed by atoms with E-state index in [2.05, 4.69) is 9.97 Å². The Bertz CT molecular complexity index is 517. The number of aromatic nitrogens is 2. The summed E-state index contributed by atoms with van der Waals surface area (Å²) in [7, 11) is 0. The van der Waals surface area contributed by atoms with Gasteiger partial charge in [-0.15, -0.1) is 0 Å². The average Bonchev–Trinajstić information content (AvgIpc) is 2.37. The SMILES string of the molecule is O=C(OCc1ccccc1)c1ccnc(I)n1. The monoisotopic (exact) mass is 340 g/mol. The molecular weight excluding hydrogens is 331 g/mol. The zero-order valence-corrected chi connectivity index (χ0v) is 11.0. The second-order valence-corrected chi connectivity index (χ2v) is 4.24. The van der Waals surface area contributed by atoms with E-state index in [1.54, 1.807) is 0 Å². The first-order valence-electron chi connectivity index (χ1n) is 4.95. The number of hydrogen-bond donors (Lipinski definition) is 0. The third-order valence-corrected chi connectivity index (χ3v) is 2.57. The van der Waals surface area contributed by atoms with Crippen LogP contribution < -0.4 is 0 Å². The molecule has 0 saturated carbocycles. The highest BCUT2D eigenvalue weighted by Crippen LogP contribution is 2.05. The van der Waals surface area contributed by atoms with E-state index in [0.717, 1.165) is 5.56 Å². The Kier molecular flexibility index (Phi) is 4.03. The molecule has 0 fully saturated rings. The molecule has 5 heteroatoms. The third kappa shape index (κ3) is 3.48. The van der Waals surface area contributed by atoms with Crippen LogP contribution in [0.3, 0.4) is 0 Å². The van der Waals surface area contributed by atoms with Crippen molar-refractivity contribution in [1.82, 2.24) is 9.97 Å². The quantitative estimate of drug-likeness (QED) is 0.489. The summed E-state index contributed by atoms with van der Waals surface area (Å²) in [6.45, 7) is 0.250. The van der Waals surface area contributed by atoms with Crippen molar-refractivity contribution < 1.29 is 9.53 Å². The van der Waals surface area contributed by atoms with Gasteiger partial charge in [-0.05, 0) is 11.6 Å². The number of esters is 1. The summed E-state index contributed by atoms with van der Waals surface area (Å²) >= 11 is 1.95. The van der Waals surface area contributed by atoms with Gasteiger partial charge in [-0.25, -0.2) is 14.8 Å². The number of ether oxygens (including phenoxy) is 1. The Hall–Kier alpha value is -1.50. The second kappa shape index (κ2) is 5.72. The molecule has 0 aliphatic rings. The molecule has 17 heavy (non-hydrogen) atoms. The molecule has 0 radical (unpaired) electrons. The number of hydrogen-bond acceptors (Lipinski definition) is 4. The molecule has 0 unspecified atom stereocenters. The minimum atomic E-state index is -0.436. The predicted octanol–water partition coefficient (Wildman–Crippen LogP) is 2.44. The minimum Gasteiger partial charge on any atom is -0.456 e. The zero-order valence-electron chi connectivity index (χ0n) is 8.84. The van der Waals surface area contributed by atoms with Crippen molar-refractivity contribution in [2.45, 2.75) is 6.61 Å². The maximum atomic E-state index is 11.7. The predicted molar refractivity (Wildman–Crippen MR) is 70.3 cm³/mol. The van der Waals surface area contributed by atoms with Gasteiger partial charge in [0.25, 0.3) is 0 Å². The van der Waals surface area contributed by atoms with Gasteiger partial charge in [-0.2, -0.15) is 0 Å². The first kappa shape index (κ1) is 12.0. The van der Waals surface area contributed by atoms with Crippen molar-refractivity contribution in [3.05, 3.63) is 57.7 Å². The van der Waals surface area contributed by atoms with Crippen LogP contribution in [-0.4, -0.2) is 15.9 Å². The summed E-state index contributed by atoms with van der Waals surface area (Å²) in [4.78, 5) is 19.5. The average molecular weight is 340 g/mol. The van der Waals surface area contributed by atoms with E-state index in [9.17, 15) is 4.79 Å². The Balaban J connectivity index is 1.98. The third-order valence-electron chi connectivity index (χ3n) is 2.05. The lowest BCUT2D eigenvalue weighted by molar-refractivity contribution is 0.0465. The number of nitrogens with zero attached hydrogens (tertiary/aromatic N) is 2. The van der Waals surface area contributed by atoms with Crippen molar-refractivity contribution >= 4 is 28.6 Å². The molecule has 2 aromatic rings. The highest BCUT2D eigenvalue weighted by molar-refractivity contribution is 14.1. The Labute approximate surface area is 112 Å². The maximum Gasteiger partial charge on any atom is 0.357 e. The van der Waals surface area contributed by atoms with Crippen molar-refractivity contribution in [2.75, 3.05) is 0 Å². The van der Waals surface area contributed by atoms with Gasteiger partial charge in [-0.3, -0.25) is 0 Å². The van der Waals surface area contributed by atoms with E-state index in [0.29, 0.717) is 3.83 Å². The van der Waals surface area contributed by atoms with Crippen molar-refractivity contribution in [1.29, 1.82) is 0 Å². The molecule has 0 atom stereocenters. The van der Waals surface area contributed by atoms with Crippen LogP contribution in [0.25, 0.3) is 0 Å². The van der Waals surface area contributed by atoms with Gasteiger partial charge >= 0.3 is 5.97 Å². The summed E-state index contributed by atoms with van der Waals surface area (Å²) in [5.41, 5.74) is 1.23. The molecule has 86 valence electrons. The molecule has 4 nitrogen and oxygen atoms in total. The largest absolute Gasteiger partial charge is 0.456 e. The lowest BCUT2D eigenvalue weighted by atomic mass is 10.2. The first-order chi connectivity index (χ1) is 8.25. The van der Waals surface area contributed by atoms with Crippen molar-refractivity contribution in [3.63, 3.8) is 0 Å². The van der Waals surface area contributed by atoms with Crippen LogP contribution in [0.5, 0.6) is 0 Å². The lowest BCUT2D eigenvalue weighted by Crippen LogP contribution is -2.08. The lowest BCUT2D eigenvalue weighted by Gasteiger charge is -2.04. The van der Waals surface area contributed by atoms with E-state index >= 15 is 0 Å². The van der Waals surface area contributed by atoms with E-state index in [1.807, 2.05) is 52.9 Å². The van der Waals surface area contributed by atoms with E-state index in [1.165, 1.54) is 12.3 Å². The molecule has 1 aromatic carbocycles. The summed E-state index contributed by atoms with van der Waals surface area (Å²) < 4.78 is 5.66. The van der Waals surface area contributed by atoms with Gasteiger partial charge < -0.3 is 4.74 Å². The zero-order chi connectivity index (χ0) is 12.1. The van der Waals surface area contributed by atoms with E-state index in [4.69, 9.17) is 4.74 Å². The number of carbonyl (C=O) groups excluding carboxylic acids is 1. The molecule has 0 spiro atoms. The van der Waals surface area contributed by atoms with Gasteiger partial charge in [0.05, 0.1) is 0 Å². The fourth-order valence-corrected chi connectivity index (χ4v) is 1.67. The number of benzene rings is 1. The second-order valence-electron chi connectivity index (χ2n) is 3.27. The fourth-order valence-electron chi connectivity index (χ4n) is 1.25. The van der Waals surface area contributed by atoms with Crippen LogP contribution in [-0.2, 0) is 11.3 Å². The molecule has 0 saturated heterocycles. The highest BCUT2D eigenvalue weighted by atomic mass is 127. The highest BCUT2D eigenvalue weighted by Gasteiger charge is 2.09. The molecule has 2 rings (SSSR count). The van der Waals surface area contributed by atoms with Crippen LogP contribution in [0.15, 0.2) is 42.6 Å². The first-order valence-corrected chi connectivity index (χ1v) is 6.03. The summed E-state index contributed by atoms with van der Waals surface area (Å²) in [5, 5.41) is 0. The van der Waals surface area contributed by atoms with Crippen LogP contribution in [0.1, 0.15) is 16.1 Å². The molecule has 0 aliphatic heterocycles. The Morgan fingerprint density at radius 2 is 2.00 bits per heavy atom. The van der Waals surface area contributed by atoms with Gasteiger partial charge in [0.1, 0.15) is 6.61 Å². The molecule has 1 heterocycles. The summed E-state index contributed by atoms with van der Waals surface area (Å²) in [5.74, 6) is -0.436. The van der Waals surface area contributed by atoms with E-state index < -0.39 is 5.97 Å². The number of rotatable bonds is 3. The topological polar surface area (TPSA) is 52.1 Å². The number of halogens is 1. The van der Waals surface area contributed by atoms with Crippen molar-refractivity contribution in [2.24, 2.45) is 0 Å². The van der Waals surface area contributed by atoms with Crippen LogP contribution >= 0.6 is 22.6 Å². The molecule has 1 aromatic heterocycles. The normalized spacial score (nSPS) is 9.94. The summed E-state index contributed by atoms with van der Waals surface area (Å²) in [6, 6.07) is 11.1. The van der Waals surface area contributed by atoms with Crippen LogP contribution in [0.2, 0.25) is 0 Å². The van der Waals surface area contributed by atoms with Gasteiger partial charge in [0.15, 0.2) is 9.53 Å². The van der Waals surface area contributed by atoms with Gasteiger partial charge in [0, 0.05) is 28.8 Å². The smallest absolute Gasteiger partial charge is 0.357 e. The van der Waals surface area contributed by atoms with Crippen molar-refractivity contribution in [3.8, 4) is 0 Å². The molecule has 0 aliphatic carbocycles. The van der Waals surface area contributed by atoms with Crippen LogP contribution in [0, 0.1) is 3.83 Å².